The van der Waals surface area contributed by atoms with Gasteiger partial charge in [-0.15, -0.1) is 11.3 Å². The molecule has 0 unspecified atom stereocenters. The second-order valence-electron chi connectivity index (χ2n) is 4.92. The Bertz CT molecular complexity index is 1110. The molecule has 25 heavy (non-hydrogen) atoms. The molecule has 0 aliphatic carbocycles. The average molecular weight is 383 g/mol. The van der Waals surface area contributed by atoms with E-state index in [1.54, 1.807) is 6.92 Å². The summed E-state index contributed by atoms with van der Waals surface area (Å²) < 4.78 is 38.3. The van der Waals surface area contributed by atoms with E-state index >= 15 is 0 Å². The zero-order valence-electron chi connectivity index (χ0n) is 13.2. The monoisotopic (exact) mass is 383 g/mol. The molecule has 3 aromatic rings. The maximum Gasteiger partial charge on any atom is 0.419 e. The molecule has 0 amide bonds. The summed E-state index contributed by atoms with van der Waals surface area (Å²) in [5.41, 5.74) is 0.654. The van der Waals surface area contributed by atoms with Crippen LogP contribution in [-0.4, -0.2) is 30.5 Å². The summed E-state index contributed by atoms with van der Waals surface area (Å²) >= 11 is 0.960. The molecule has 0 saturated carbocycles. The van der Waals surface area contributed by atoms with Gasteiger partial charge in [0.2, 0.25) is 0 Å². The highest BCUT2D eigenvalue weighted by Gasteiger charge is 2.20. The number of carbonyl (C=O) groups excluding carboxylic acids is 1. The summed E-state index contributed by atoms with van der Waals surface area (Å²) in [4.78, 5) is 26.9. The summed E-state index contributed by atoms with van der Waals surface area (Å²) in [6, 6.07) is 4.03. The van der Waals surface area contributed by atoms with E-state index in [4.69, 9.17) is 9.15 Å². The zero-order valence-corrected chi connectivity index (χ0v) is 14.8. The number of nitrogens with one attached hydrogen (secondary N) is 1. The van der Waals surface area contributed by atoms with E-state index < -0.39 is 21.7 Å². The number of ether oxygens (including phenoxy) is 1. The number of hydrogen-bond donors (Lipinski definition) is 1. The van der Waals surface area contributed by atoms with Gasteiger partial charge in [0, 0.05) is 12.4 Å². The number of aromatic nitrogens is 2. The second kappa shape index (κ2) is 6.33. The molecule has 132 valence electrons. The molecular formula is C14H13N3O6S2. The number of hydrogen-bond acceptors (Lipinski definition) is 8. The lowest BCUT2D eigenvalue weighted by atomic mass is 10.3. The third kappa shape index (κ3) is 3.28. The molecular weight excluding hydrogens is 370 g/mol. The highest BCUT2D eigenvalue weighted by atomic mass is 32.2. The van der Waals surface area contributed by atoms with Gasteiger partial charge in [-0.2, -0.15) is 0 Å². The number of rotatable bonds is 5. The molecule has 0 saturated heterocycles. The van der Waals surface area contributed by atoms with Gasteiger partial charge in [0.15, 0.2) is 16.4 Å². The molecule has 0 bridgehead atoms. The van der Waals surface area contributed by atoms with Crippen LogP contribution in [0.1, 0.15) is 17.4 Å². The van der Waals surface area contributed by atoms with E-state index in [0.717, 1.165) is 11.3 Å². The van der Waals surface area contributed by atoms with Crippen molar-refractivity contribution in [2.24, 2.45) is 7.05 Å². The lowest BCUT2D eigenvalue weighted by molar-refractivity contribution is 0.0520. The van der Waals surface area contributed by atoms with Crippen molar-refractivity contribution >= 4 is 43.6 Å². The van der Waals surface area contributed by atoms with Crippen LogP contribution in [0.2, 0.25) is 0 Å². The Hall–Kier alpha value is -2.66. The first-order valence-corrected chi connectivity index (χ1v) is 9.43. The highest BCUT2D eigenvalue weighted by Crippen LogP contribution is 2.23. The van der Waals surface area contributed by atoms with Gasteiger partial charge < -0.3 is 9.15 Å². The van der Waals surface area contributed by atoms with Crippen molar-refractivity contribution in [3.05, 3.63) is 39.8 Å². The second-order valence-corrected chi connectivity index (χ2v) is 7.46. The molecule has 0 aliphatic heterocycles. The summed E-state index contributed by atoms with van der Waals surface area (Å²) in [5.74, 6) is -1.21. The van der Waals surface area contributed by atoms with Gasteiger partial charge in [-0.3, -0.25) is 9.29 Å². The quantitative estimate of drug-likeness (QED) is 0.664. The Morgan fingerprint density at radius 1 is 1.44 bits per heavy atom. The van der Waals surface area contributed by atoms with Gasteiger partial charge >= 0.3 is 11.7 Å². The van der Waals surface area contributed by atoms with E-state index in [-0.39, 0.29) is 27.9 Å². The summed E-state index contributed by atoms with van der Waals surface area (Å²) in [5, 5.41) is 1.43. The predicted molar refractivity (Wildman–Crippen MR) is 90.3 cm³/mol. The smallest absolute Gasteiger partial charge is 0.419 e. The van der Waals surface area contributed by atoms with E-state index in [0.29, 0.717) is 5.52 Å². The largest absolute Gasteiger partial charge is 0.461 e. The van der Waals surface area contributed by atoms with Crippen molar-refractivity contribution in [2.75, 3.05) is 11.3 Å². The molecule has 2 heterocycles. The van der Waals surface area contributed by atoms with Crippen LogP contribution in [0.4, 0.5) is 5.13 Å². The maximum absolute atomic E-state index is 12.5. The number of fused-ring (bicyclic) bond motifs is 1. The number of benzene rings is 1. The zero-order chi connectivity index (χ0) is 18.2. The molecule has 0 fully saturated rings. The Labute approximate surface area is 145 Å². The Morgan fingerprint density at radius 3 is 2.92 bits per heavy atom. The molecule has 1 aromatic carbocycles. The van der Waals surface area contributed by atoms with E-state index in [1.807, 2.05) is 0 Å². The normalized spacial score (nSPS) is 11.6. The summed E-state index contributed by atoms with van der Waals surface area (Å²) in [6.45, 7) is 1.86. The molecule has 0 radical (unpaired) electrons. The van der Waals surface area contributed by atoms with Crippen LogP contribution >= 0.6 is 11.3 Å². The van der Waals surface area contributed by atoms with Crippen molar-refractivity contribution in [2.45, 2.75) is 11.8 Å². The first-order valence-electron chi connectivity index (χ1n) is 7.07. The van der Waals surface area contributed by atoms with Crippen LogP contribution in [0.25, 0.3) is 11.1 Å². The molecule has 3 rings (SSSR count). The standard InChI is InChI=1S/C14H13N3O6S2/c1-3-22-12(18)9-7-24-13(15-9)16-25(20,21)8-4-5-11-10(6-8)17(2)14(19)23-11/h4-7H,3H2,1-2H3,(H,15,16). The van der Waals surface area contributed by atoms with Crippen molar-refractivity contribution in [1.82, 2.24) is 9.55 Å². The van der Waals surface area contributed by atoms with Crippen LogP contribution in [-0.2, 0) is 21.8 Å². The molecule has 0 atom stereocenters. The van der Waals surface area contributed by atoms with Crippen LogP contribution in [0.15, 0.2) is 37.7 Å². The number of nitrogens with zero attached hydrogens (tertiary/aromatic N) is 2. The first kappa shape index (κ1) is 17.2. The van der Waals surface area contributed by atoms with Crippen molar-refractivity contribution in [1.29, 1.82) is 0 Å². The minimum Gasteiger partial charge on any atom is -0.461 e. The Kier molecular flexibility index (Phi) is 4.35. The van der Waals surface area contributed by atoms with Crippen LogP contribution in [0.3, 0.4) is 0 Å². The van der Waals surface area contributed by atoms with Gasteiger partial charge in [-0.05, 0) is 25.1 Å². The van der Waals surface area contributed by atoms with E-state index in [1.165, 1.54) is 35.2 Å². The third-order valence-corrected chi connectivity index (χ3v) is 5.51. The van der Waals surface area contributed by atoms with Gasteiger partial charge in [-0.1, -0.05) is 0 Å². The maximum atomic E-state index is 12.5. The Balaban J connectivity index is 1.91. The van der Waals surface area contributed by atoms with Crippen molar-refractivity contribution < 1.29 is 22.4 Å². The molecule has 2 aromatic heterocycles. The topological polar surface area (TPSA) is 121 Å². The fraction of sp³-hybridized carbons (Fsp3) is 0.214. The number of oxazole rings is 1. The average Bonchev–Trinajstić information content (AvgIpc) is 3.12. The minimum absolute atomic E-state index is 0.0252. The third-order valence-electron chi connectivity index (χ3n) is 3.28. The molecule has 0 spiro atoms. The number of esters is 1. The first-order chi connectivity index (χ1) is 11.8. The van der Waals surface area contributed by atoms with Gasteiger partial charge in [-0.25, -0.2) is 23.0 Å². The summed E-state index contributed by atoms with van der Waals surface area (Å²) in [6.07, 6.45) is 0. The number of anilines is 1. The predicted octanol–water partition coefficient (Wildman–Crippen LogP) is 1.57. The van der Waals surface area contributed by atoms with E-state index in [2.05, 4.69) is 9.71 Å². The van der Waals surface area contributed by atoms with Gasteiger partial charge in [0.1, 0.15) is 0 Å². The number of sulfonamides is 1. The lowest BCUT2D eigenvalue weighted by Crippen LogP contribution is -2.14. The van der Waals surface area contributed by atoms with Crippen LogP contribution in [0, 0.1) is 0 Å². The van der Waals surface area contributed by atoms with Gasteiger partial charge in [0.25, 0.3) is 10.0 Å². The van der Waals surface area contributed by atoms with Crippen LogP contribution < -0.4 is 10.5 Å². The molecule has 0 aliphatic rings. The van der Waals surface area contributed by atoms with Crippen molar-refractivity contribution in [3.8, 4) is 0 Å². The number of carbonyl (C=O) groups is 1. The summed E-state index contributed by atoms with van der Waals surface area (Å²) in [7, 11) is -2.47. The van der Waals surface area contributed by atoms with E-state index in [9.17, 15) is 18.0 Å². The fourth-order valence-electron chi connectivity index (χ4n) is 2.07. The van der Waals surface area contributed by atoms with Crippen molar-refractivity contribution in [3.63, 3.8) is 0 Å². The minimum atomic E-state index is -3.95. The fourth-order valence-corrected chi connectivity index (χ4v) is 4.02. The molecule has 11 heteroatoms. The molecule has 9 nitrogen and oxygen atoms in total. The SMILES string of the molecule is CCOC(=O)c1csc(NS(=O)(=O)c2ccc3oc(=O)n(C)c3c2)n1. The van der Waals surface area contributed by atoms with Crippen LogP contribution in [0.5, 0.6) is 0 Å². The molecule has 1 N–H and O–H groups in total. The number of aryl methyl sites for hydroxylation is 1. The highest BCUT2D eigenvalue weighted by molar-refractivity contribution is 7.93. The number of thiazole rings is 1. The lowest BCUT2D eigenvalue weighted by Gasteiger charge is -2.05. The van der Waals surface area contributed by atoms with Gasteiger partial charge in [0.05, 0.1) is 17.0 Å². The Morgan fingerprint density at radius 2 is 2.20 bits per heavy atom.